The van der Waals surface area contributed by atoms with Crippen molar-refractivity contribution in [1.29, 1.82) is 0 Å². The molecule has 2 heterocycles. The number of likely N-dealkylation sites (N-methyl/N-ethyl adjacent to an activating group) is 2. The van der Waals surface area contributed by atoms with Crippen LogP contribution in [0.25, 0.3) is 0 Å². The number of halogens is 1. The van der Waals surface area contributed by atoms with Gasteiger partial charge in [0.1, 0.15) is 0 Å². The topological polar surface area (TPSA) is 35.6 Å². The smallest absolute Gasteiger partial charge is 0.240 e. The van der Waals surface area contributed by atoms with Crippen molar-refractivity contribution in [2.75, 3.05) is 38.6 Å². The summed E-state index contributed by atoms with van der Waals surface area (Å²) in [4.78, 5) is 17.6. The summed E-state index contributed by atoms with van der Waals surface area (Å²) in [5.74, 6) is 0.201. The fourth-order valence-corrected chi connectivity index (χ4v) is 4.98. The number of benzene rings is 2. The van der Waals surface area contributed by atoms with Crippen LogP contribution in [0.1, 0.15) is 24.0 Å². The molecule has 1 N–H and O–H groups in total. The average Bonchev–Trinajstić information content (AvgIpc) is 2.99. The molecule has 0 aromatic heterocycles. The lowest BCUT2D eigenvalue weighted by atomic mass is 9.74. The molecule has 0 unspecified atom stereocenters. The normalized spacial score (nSPS) is 19.0. The Morgan fingerprint density at radius 2 is 1.82 bits per heavy atom. The molecule has 28 heavy (non-hydrogen) atoms. The molecule has 0 saturated carbocycles. The maximum Gasteiger partial charge on any atom is 0.240 e. The van der Waals surface area contributed by atoms with Crippen molar-refractivity contribution in [1.82, 2.24) is 10.2 Å². The number of carbonyl (C=O) groups excluding carboxylic acids is 1. The molecule has 2 aliphatic rings. The van der Waals surface area contributed by atoms with Crippen LogP contribution in [0.2, 0.25) is 5.02 Å². The zero-order chi connectivity index (χ0) is 19.7. The second-order valence-electron chi connectivity index (χ2n) is 8.15. The molecule has 2 aromatic rings. The van der Waals surface area contributed by atoms with E-state index >= 15 is 0 Å². The quantitative estimate of drug-likeness (QED) is 0.857. The van der Waals surface area contributed by atoms with Crippen LogP contribution in [0, 0.1) is 0 Å². The number of amides is 1. The minimum atomic E-state index is -0.200. The van der Waals surface area contributed by atoms with Gasteiger partial charge < -0.3 is 15.1 Å². The lowest BCUT2D eigenvalue weighted by molar-refractivity contribution is -0.134. The summed E-state index contributed by atoms with van der Waals surface area (Å²) in [5.41, 5.74) is 4.11. The minimum absolute atomic E-state index is 0.188. The maximum absolute atomic E-state index is 13.1. The summed E-state index contributed by atoms with van der Waals surface area (Å²) in [6.07, 6.45) is 2.73. The van der Waals surface area contributed by atoms with Gasteiger partial charge in [0.2, 0.25) is 5.91 Å². The summed E-state index contributed by atoms with van der Waals surface area (Å²) in [7, 11) is 4.04. The summed E-state index contributed by atoms with van der Waals surface area (Å²) < 4.78 is 0. The highest BCUT2D eigenvalue weighted by atomic mass is 35.5. The number of hydrogen-bond acceptors (Lipinski definition) is 3. The first-order valence-corrected chi connectivity index (χ1v) is 10.4. The number of piperidine rings is 1. The second kappa shape index (κ2) is 7.76. The molecule has 5 heteroatoms. The molecule has 0 aliphatic carbocycles. The van der Waals surface area contributed by atoms with Crippen LogP contribution in [-0.4, -0.2) is 50.6 Å². The molecule has 0 bridgehead atoms. The average molecular weight is 398 g/mol. The summed E-state index contributed by atoms with van der Waals surface area (Å²) in [6, 6.07) is 16.3. The van der Waals surface area contributed by atoms with Gasteiger partial charge in [-0.25, -0.2) is 0 Å². The van der Waals surface area contributed by atoms with E-state index in [1.165, 1.54) is 11.3 Å². The van der Waals surface area contributed by atoms with Crippen LogP contribution < -0.4 is 10.2 Å². The number of nitrogens with one attached hydrogen (secondary N) is 1. The third kappa shape index (κ3) is 3.51. The number of fused-ring (bicyclic) bond motifs is 2. The number of para-hydroxylation sites is 1. The SMILES string of the molecule is CN[C@H](Cc1ccc(Cl)cc1)C(=O)N1CCC2(CC1)CN(C)c1ccccc12. The van der Waals surface area contributed by atoms with Gasteiger partial charge in [0.25, 0.3) is 0 Å². The number of carbonyl (C=O) groups is 1. The largest absolute Gasteiger partial charge is 0.373 e. The van der Waals surface area contributed by atoms with Gasteiger partial charge >= 0.3 is 0 Å². The molecule has 1 spiro atoms. The van der Waals surface area contributed by atoms with Gasteiger partial charge in [-0.2, -0.15) is 0 Å². The van der Waals surface area contributed by atoms with Crippen molar-refractivity contribution < 1.29 is 4.79 Å². The van der Waals surface area contributed by atoms with E-state index < -0.39 is 0 Å². The predicted molar refractivity (Wildman–Crippen MR) is 115 cm³/mol. The highest BCUT2D eigenvalue weighted by Gasteiger charge is 2.44. The van der Waals surface area contributed by atoms with E-state index in [1.54, 1.807) is 0 Å². The number of hydrogen-bond donors (Lipinski definition) is 1. The Kier molecular flexibility index (Phi) is 5.35. The number of nitrogens with zero attached hydrogens (tertiary/aromatic N) is 2. The lowest BCUT2D eigenvalue weighted by Gasteiger charge is -2.41. The van der Waals surface area contributed by atoms with E-state index in [4.69, 9.17) is 11.6 Å². The fraction of sp³-hybridized carbons (Fsp3) is 0.435. The highest BCUT2D eigenvalue weighted by molar-refractivity contribution is 6.30. The Labute approximate surface area is 172 Å². The number of anilines is 1. The standard InChI is InChI=1S/C23H28ClN3O/c1-25-20(15-17-7-9-18(24)10-8-17)22(28)27-13-11-23(12-14-27)16-26(2)21-6-4-3-5-19(21)23/h3-10,20,25H,11-16H2,1-2H3/t20-/m1/s1. The van der Waals surface area contributed by atoms with E-state index in [0.717, 1.165) is 43.1 Å². The molecule has 1 atom stereocenters. The zero-order valence-electron chi connectivity index (χ0n) is 16.6. The highest BCUT2D eigenvalue weighted by Crippen LogP contribution is 2.46. The third-order valence-corrected chi connectivity index (χ3v) is 6.71. The fourth-order valence-electron chi connectivity index (χ4n) is 4.85. The minimum Gasteiger partial charge on any atom is -0.373 e. The van der Waals surface area contributed by atoms with Gasteiger partial charge in [-0.3, -0.25) is 4.79 Å². The van der Waals surface area contributed by atoms with Gasteiger partial charge in [0.15, 0.2) is 0 Å². The first kappa shape index (κ1) is 19.3. The van der Waals surface area contributed by atoms with Crippen LogP contribution in [0.4, 0.5) is 5.69 Å². The first-order chi connectivity index (χ1) is 13.5. The summed E-state index contributed by atoms with van der Waals surface area (Å²) in [5, 5.41) is 3.94. The van der Waals surface area contributed by atoms with Gasteiger partial charge in [0, 0.05) is 42.8 Å². The summed E-state index contributed by atoms with van der Waals surface area (Å²) in [6.45, 7) is 2.69. The molecule has 148 valence electrons. The Bertz CT molecular complexity index is 843. The van der Waals surface area contributed by atoms with Crippen LogP contribution in [0.3, 0.4) is 0 Å². The third-order valence-electron chi connectivity index (χ3n) is 6.46. The Morgan fingerprint density at radius 1 is 1.14 bits per heavy atom. The lowest BCUT2D eigenvalue weighted by Crippen LogP contribution is -2.52. The molecular weight excluding hydrogens is 370 g/mol. The molecule has 1 amide bonds. The molecule has 4 rings (SSSR count). The maximum atomic E-state index is 13.1. The van der Waals surface area contributed by atoms with Crippen LogP contribution >= 0.6 is 11.6 Å². The molecule has 4 nitrogen and oxygen atoms in total. The van der Waals surface area contributed by atoms with Crippen molar-refractivity contribution in [2.45, 2.75) is 30.7 Å². The first-order valence-electron chi connectivity index (χ1n) is 10.0. The van der Waals surface area contributed by atoms with Gasteiger partial charge in [-0.1, -0.05) is 41.9 Å². The molecule has 1 fully saturated rings. The van der Waals surface area contributed by atoms with Crippen molar-refractivity contribution in [3.8, 4) is 0 Å². The van der Waals surface area contributed by atoms with Crippen LogP contribution in [0.15, 0.2) is 48.5 Å². The number of likely N-dealkylation sites (tertiary alicyclic amines) is 1. The van der Waals surface area contributed by atoms with Crippen molar-refractivity contribution in [3.05, 3.63) is 64.7 Å². The Morgan fingerprint density at radius 3 is 2.50 bits per heavy atom. The van der Waals surface area contributed by atoms with E-state index in [1.807, 2.05) is 36.2 Å². The van der Waals surface area contributed by atoms with Crippen LogP contribution in [-0.2, 0) is 16.6 Å². The van der Waals surface area contributed by atoms with E-state index in [2.05, 4.69) is 41.5 Å². The number of rotatable bonds is 4. The second-order valence-corrected chi connectivity index (χ2v) is 8.59. The van der Waals surface area contributed by atoms with E-state index in [9.17, 15) is 4.79 Å². The molecular formula is C23H28ClN3O. The Hall–Kier alpha value is -2.04. The molecule has 2 aliphatic heterocycles. The van der Waals surface area contributed by atoms with Gasteiger partial charge in [-0.15, -0.1) is 0 Å². The predicted octanol–water partition coefficient (Wildman–Crippen LogP) is 3.48. The van der Waals surface area contributed by atoms with Crippen molar-refractivity contribution >= 4 is 23.2 Å². The van der Waals surface area contributed by atoms with Gasteiger partial charge in [-0.05, 0) is 55.6 Å². The van der Waals surface area contributed by atoms with Crippen molar-refractivity contribution in [2.24, 2.45) is 0 Å². The zero-order valence-corrected chi connectivity index (χ0v) is 17.4. The van der Waals surface area contributed by atoms with Crippen LogP contribution in [0.5, 0.6) is 0 Å². The molecule has 2 aromatic carbocycles. The Balaban J connectivity index is 1.43. The van der Waals surface area contributed by atoms with E-state index in [0.29, 0.717) is 6.42 Å². The monoisotopic (exact) mass is 397 g/mol. The molecule has 1 saturated heterocycles. The van der Waals surface area contributed by atoms with E-state index in [-0.39, 0.29) is 17.4 Å². The molecule has 0 radical (unpaired) electrons. The van der Waals surface area contributed by atoms with Gasteiger partial charge in [0.05, 0.1) is 6.04 Å². The summed E-state index contributed by atoms with van der Waals surface area (Å²) >= 11 is 5.98. The van der Waals surface area contributed by atoms with Crippen molar-refractivity contribution in [3.63, 3.8) is 0 Å².